The zero-order valence-corrected chi connectivity index (χ0v) is 19.9. The first-order valence-corrected chi connectivity index (χ1v) is 11.1. The predicted molar refractivity (Wildman–Crippen MR) is 131 cm³/mol. The van der Waals surface area contributed by atoms with E-state index in [9.17, 15) is 14.4 Å². The minimum absolute atomic E-state index is 0.0813. The SMILES string of the molecule is Cc1c(CCC(=O)Nc2ccc(C(=O)O)cc2)c(=O)oc2c(C)c3occ(C(C)(C)C)c3cc12. The number of carboxylic acid groups (broad SMARTS) is 1. The molecule has 1 amide bonds. The van der Waals surface area contributed by atoms with Crippen LogP contribution in [0.5, 0.6) is 0 Å². The van der Waals surface area contributed by atoms with Crippen LogP contribution in [-0.2, 0) is 16.6 Å². The Bertz CT molecular complexity index is 1480. The zero-order chi connectivity index (χ0) is 24.8. The molecule has 0 aliphatic carbocycles. The van der Waals surface area contributed by atoms with Gasteiger partial charge in [0.15, 0.2) is 0 Å². The summed E-state index contributed by atoms with van der Waals surface area (Å²) in [6.45, 7) is 10.1. The second-order valence-corrected chi connectivity index (χ2v) is 9.58. The number of anilines is 1. The van der Waals surface area contributed by atoms with Crippen molar-refractivity contribution >= 4 is 39.5 Å². The Balaban J connectivity index is 1.63. The zero-order valence-electron chi connectivity index (χ0n) is 19.9. The van der Waals surface area contributed by atoms with Gasteiger partial charge in [-0.2, -0.15) is 0 Å². The molecule has 0 saturated carbocycles. The Hall–Kier alpha value is -3.87. The van der Waals surface area contributed by atoms with Crippen molar-refractivity contribution in [3.8, 4) is 0 Å². The highest BCUT2D eigenvalue weighted by Crippen LogP contribution is 2.37. The molecule has 0 unspecified atom stereocenters. The molecular weight excluding hydrogens is 434 g/mol. The molecule has 0 saturated heterocycles. The van der Waals surface area contributed by atoms with Crippen LogP contribution in [0.2, 0.25) is 0 Å². The van der Waals surface area contributed by atoms with Crippen LogP contribution in [0, 0.1) is 13.8 Å². The van der Waals surface area contributed by atoms with Crippen molar-refractivity contribution in [2.75, 3.05) is 5.32 Å². The van der Waals surface area contributed by atoms with Crippen molar-refractivity contribution in [3.63, 3.8) is 0 Å². The molecule has 0 aliphatic rings. The van der Waals surface area contributed by atoms with Gasteiger partial charge in [-0.05, 0) is 61.6 Å². The van der Waals surface area contributed by atoms with E-state index < -0.39 is 11.6 Å². The van der Waals surface area contributed by atoms with Crippen molar-refractivity contribution in [2.45, 2.75) is 52.9 Å². The fraction of sp³-hybridized carbons (Fsp3) is 0.296. The lowest BCUT2D eigenvalue weighted by atomic mass is 9.86. The maximum absolute atomic E-state index is 12.8. The van der Waals surface area contributed by atoms with Gasteiger partial charge in [0, 0.05) is 39.6 Å². The monoisotopic (exact) mass is 461 g/mol. The summed E-state index contributed by atoms with van der Waals surface area (Å²) < 4.78 is 11.5. The second kappa shape index (κ2) is 8.48. The highest BCUT2D eigenvalue weighted by molar-refractivity contribution is 6.00. The van der Waals surface area contributed by atoms with Crippen molar-refractivity contribution in [1.82, 2.24) is 0 Å². The van der Waals surface area contributed by atoms with Crippen molar-refractivity contribution in [2.24, 2.45) is 0 Å². The summed E-state index contributed by atoms with van der Waals surface area (Å²) in [6, 6.07) is 7.91. The van der Waals surface area contributed by atoms with E-state index in [-0.39, 0.29) is 29.7 Å². The van der Waals surface area contributed by atoms with E-state index in [0.29, 0.717) is 22.4 Å². The maximum Gasteiger partial charge on any atom is 0.339 e. The number of benzene rings is 2. The van der Waals surface area contributed by atoms with Gasteiger partial charge in [0.25, 0.3) is 0 Å². The maximum atomic E-state index is 12.8. The average molecular weight is 462 g/mol. The van der Waals surface area contributed by atoms with E-state index in [1.165, 1.54) is 24.3 Å². The van der Waals surface area contributed by atoms with Gasteiger partial charge in [-0.25, -0.2) is 9.59 Å². The third kappa shape index (κ3) is 4.21. The molecule has 0 bridgehead atoms. The number of furan rings is 1. The number of aryl methyl sites for hydroxylation is 2. The van der Waals surface area contributed by atoms with Crippen molar-refractivity contribution < 1.29 is 23.5 Å². The van der Waals surface area contributed by atoms with E-state index in [1.807, 2.05) is 19.9 Å². The second-order valence-electron chi connectivity index (χ2n) is 9.58. The van der Waals surface area contributed by atoms with Gasteiger partial charge in [-0.3, -0.25) is 4.79 Å². The molecule has 2 N–H and O–H groups in total. The number of fused-ring (bicyclic) bond motifs is 2. The third-order valence-corrected chi connectivity index (χ3v) is 6.17. The van der Waals surface area contributed by atoms with E-state index in [1.54, 1.807) is 6.26 Å². The Kier molecular flexibility index (Phi) is 5.81. The van der Waals surface area contributed by atoms with Crippen molar-refractivity contribution in [1.29, 1.82) is 0 Å². The van der Waals surface area contributed by atoms with Gasteiger partial charge < -0.3 is 19.3 Å². The van der Waals surface area contributed by atoms with Gasteiger partial charge in [-0.1, -0.05) is 20.8 Å². The van der Waals surface area contributed by atoms with Gasteiger partial charge in [-0.15, -0.1) is 0 Å². The molecular formula is C27H27NO6. The molecule has 2 aromatic carbocycles. The smallest absolute Gasteiger partial charge is 0.339 e. The minimum atomic E-state index is -1.03. The number of carboxylic acids is 1. The molecule has 4 rings (SSSR count). The van der Waals surface area contributed by atoms with Crippen LogP contribution in [0.15, 0.2) is 50.2 Å². The summed E-state index contributed by atoms with van der Waals surface area (Å²) in [5.74, 6) is -1.31. The number of hydrogen-bond acceptors (Lipinski definition) is 5. The van der Waals surface area contributed by atoms with Crippen LogP contribution in [0.3, 0.4) is 0 Å². The molecule has 0 radical (unpaired) electrons. The average Bonchev–Trinajstić information content (AvgIpc) is 3.20. The van der Waals surface area contributed by atoms with Crippen LogP contribution in [0.25, 0.3) is 21.9 Å². The Morgan fingerprint density at radius 3 is 2.29 bits per heavy atom. The number of aromatic carboxylic acids is 1. The molecule has 2 heterocycles. The van der Waals surface area contributed by atoms with E-state index in [0.717, 1.165) is 27.5 Å². The summed E-state index contributed by atoms with van der Waals surface area (Å²) in [6.07, 6.45) is 2.06. The topological polar surface area (TPSA) is 110 Å². The van der Waals surface area contributed by atoms with Gasteiger partial charge in [0.05, 0.1) is 11.8 Å². The largest absolute Gasteiger partial charge is 0.478 e. The lowest BCUT2D eigenvalue weighted by Gasteiger charge is -2.17. The number of carbonyl (C=O) groups excluding carboxylic acids is 1. The number of nitrogens with one attached hydrogen (secondary N) is 1. The fourth-order valence-corrected chi connectivity index (χ4v) is 4.22. The van der Waals surface area contributed by atoms with Crippen LogP contribution in [0.4, 0.5) is 5.69 Å². The van der Waals surface area contributed by atoms with Crippen LogP contribution < -0.4 is 10.9 Å². The molecule has 7 heteroatoms. The number of carbonyl (C=O) groups is 2. The molecule has 2 aromatic heterocycles. The number of amides is 1. The first kappa shape index (κ1) is 23.3. The van der Waals surface area contributed by atoms with Crippen LogP contribution >= 0.6 is 0 Å². The van der Waals surface area contributed by atoms with E-state index in [4.69, 9.17) is 13.9 Å². The number of rotatable bonds is 5. The molecule has 0 fully saturated rings. The lowest BCUT2D eigenvalue weighted by Crippen LogP contribution is -2.17. The van der Waals surface area contributed by atoms with E-state index >= 15 is 0 Å². The summed E-state index contributed by atoms with van der Waals surface area (Å²) in [4.78, 5) is 36.2. The highest BCUT2D eigenvalue weighted by atomic mass is 16.4. The van der Waals surface area contributed by atoms with Gasteiger partial charge in [0.2, 0.25) is 5.91 Å². The van der Waals surface area contributed by atoms with Gasteiger partial charge >= 0.3 is 11.6 Å². The molecule has 0 atom stereocenters. The minimum Gasteiger partial charge on any atom is -0.478 e. The van der Waals surface area contributed by atoms with E-state index in [2.05, 4.69) is 26.1 Å². The molecule has 34 heavy (non-hydrogen) atoms. The Labute approximate surface area is 196 Å². The fourth-order valence-electron chi connectivity index (χ4n) is 4.22. The third-order valence-electron chi connectivity index (χ3n) is 6.17. The normalized spacial score (nSPS) is 11.8. The molecule has 0 spiro atoms. The molecule has 0 aliphatic heterocycles. The van der Waals surface area contributed by atoms with Crippen LogP contribution in [0.1, 0.15) is 59.8 Å². The molecule has 4 aromatic rings. The molecule has 7 nitrogen and oxygen atoms in total. The first-order valence-electron chi connectivity index (χ1n) is 11.1. The predicted octanol–water partition coefficient (Wildman–Crippen LogP) is 5.72. The van der Waals surface area contributed by atoms with Gasteiger partial charge in [0.1, 0.15) is 11.2 Å². The summed E-state index contributed by atoms with van der Waals surface area (Å²) >= 11 is 0. The lowest BCUT2D eigenvalue weighted by molar-refractivity contribution is -0.116. The first-order chi connectivity index (χ1) is 16.0. The van der Waals surface area contributed by atoms with Crippen molar-refractivity contribution in [3.05, 3.63) is 74.8 Å². The number of hydrogen-bond donors (Lipinski definition) is 2. The Morgan fingerprint density at radius 2 is 1.68 bits per heavy atom. The summed E-state index contributed by atoms with van der Waals surface area (Å²) in [5.41, 5.74) is 4.36. The summed E-state index contributed by atoms with van der Waals surface area (Å²) in [7, 11) is 0. The Morgan fingerprint density at radius 1 is 1.00 bits per heavy atom. The summed E-state index contributed by atoms with van der Waals surface area (Å²) in [5, 5.41) is 13.5. The quantitative estimate of drug-likeness (QED) is 0.368. The highest BCUT2D eigenvalue weighted by Gasteiger charge is 2.23. The molecule has 176 valence electrons. The standard InChI is InChI=1S/C27H27NO6/c1-14-18(10-11-22(29)28-17-8-6-16(7-9-17)25(30)31)26(32)34-24-15(2)23-20(12-19(14)24)21(13-33-23)27(3,4)5/h6-9,12-13H,10-11H2,1-5H3,(H,28,29)(H,30,31). The van der Waals surface area contributed by atoms with Crippen LogP contribution in [-0.4, -0.2) is 17.0 Å².